The monoisotopic (exact) mass is 965 g/mol. The predicted molar refractivity (Wildman–Crippen MR) is 243 cm³/mol. The zero-order valence-corrected chi connectivity index (χ0v) is 37.6. The Morgan fingerprint density at radius 2 is 1.30 bits per heavy atom. The van der Waals surface area contributed by atoms with Crippen LogP contribution in [-0.4, -0.2) is 19.6 Å². The summed E-state index contributed by atoms with van der Waals surface area (Å²) in [4.78, 5) is 10.8. The van der Waals surface area contributed by atoms with Crippen molar-refractivity contribution in [3.05, 3.63) is 168 Å². The van der Waals surface area contributed by atoms with Gasteiger partial charge in [-0.15, -0.1) is 23.8 Å². The number of benzene rings is 6. The van der Waals surface area contributed by atoms with Crippen molar-refractivity contribution < 1.29 is 30.6 Å². The van der Waals surface area contributed by atoms with E-state index in [1.54, 1.807) is 0 Å². The summed E-state index contributed by atoms with van der Waals surface area (Å²) in [6, 6.07) is 51.4. The van der Waals surface area contributed by atoms with E-state index >= 15 is 0 Å². The van der Waals surface area contributed by atoms with Crippen LogP contribution in [0.25, 0.3) is 84.0 Å². The Morgan fingerprint density at radius 3 is 2.03 bits per heavy atom. The number of hydrogen-bond acceptors (Lipinski definition) is 4. The average Bonchev–Trinajstić information content (AvgIpc) is 3.82. The zero-order valence-electron chi connectivity index (χ0n) is 35.3. The van der Waals surface area contributed by atoms with Crippen LogP contribution in [0.4, 0.5) is 0 Å². The molecule has 0 atom stereocenters. The van der Waals surface area contributed by atoms with Gasteiger partial charge in [0.2, 0.25) is 0 Å². The van der Waals surface area contributed by atoms with Crippen molar-refractivity contribution in [1.29, 1.82) is 0 Å². The molecular weight excluding hydrogens is 918 g/mol. The quantitative estimate of drug-likeness (QED) is 0.169. The van der Waals surface area contributed by atoms with Gasteiger partial charge < -0.3 is 9.52 Å². The van der Waals surface area contributed by atoms with Crippen LogP contribution >= 0.6 is 0 Å². The summed E-state index contributed by atoms with van der Waals surface area (Å²) < 4.78 is 8.57. The van der Waals surface area contributed by atoms with Crippen LogP contribution in [0.1, 0.15) is 63.8 Å². The molecule has 302 valence electrons. The number of pyridine rings is 1. The summed E-state index contributed by atoms with van der Waals surface area (Å²) in [7, 11) is 0. The molecule has 5 nitrogen and oxygen atoms in total. The second-order valence-electron chi connectivity index (χ2n) is 17.7. The largest absolute Gasteiger partial charge is 0.507 e. The van der Waals surface area contributed by atoms with Crippen LogP contribution in [0, 0.1) is 19.9 Å². The van der Waals surface area contributed by atoms with E-state index in [2.05, 4.69) is 175 Å². The summed E-state index contributed by atoms with van der Waals surface area (Å²) in [6.07, 6.45) is 0. The van der Waals surface area contributed by atoms with Gasteiger partial charge in [0.15, 0.2) is 0 Å². The van der Waals surface area contributed by atoms with Gasteiger partial charge >= 0.3 is 0 Å². The number of imidazole rings is 1. The molecule has 0 radical (unpaired) electrons. The fourth-order valence-corrected chi connectivity index (χ4v) is 8.26. The maximum atomic E-state index is 12.3. The minimum absolute atomic E-state index is 0. The molecule has 3 aromatic heterocycles. The number of phenols is 1. The maximum Gasteiger partial charge on any atom is 0.149 e. The third-order valence-electron chi connectivity index (χ3n) is 11.4. The van der Waals surface area contributed by atoms with E-state index in [1.807, 2.05) is 30.3 Å². The number of furan rings is 1. The number of fused-ring (bicyclic) bond motifs is 2. The maximum absolute atomic E-state index is 12.3. The van der Waals surface area contributed by atoms with Crippen molar-refractivity contribution in [2.75, 3.05) is 0 Å². The molecule has 0 bridgehead atoms. The van der Waals surface area contributed by atoms with Crippen molar-refractivity contribution in [3.8, 4) is 67.8 Å². The van der Waals surface area contributed by atoms with E-state index in [-0.39, 0.29) is 37.6 Å². The summed E-state index contributed by atoms with van der Waals surface area (Å²) in [5, 5.41) is 13.3. The predicted octanol–water partition coefficient (Wildman–Crippen LogP) is 14.2. The van der Waals surface area contributed by atoms with Gasteiger partial charge in [-0.1, -0.05) is 144 Å². The summed E-state index contributed by atoms with van der Waals surface area (Å²) >= 11 is 0. The minimum atomic E-state index is -0.314. The van der Waals surface area contributed by atoms with E-state index in [1.165, 1.54) is 11.1 Å². The molecule has 0 saturated heterocycles. The van der Waals surface area contributed by atoms with Crippen molar-refractivity contribution >= 4 is 22.0 Å². The molecule has 6 heteroatoms. The molecule has 1 N–H and O–H groups in total. The molecule has 0 aliphatic heterocycles. The zero-order chi connectivity index (χ0) is 41.2. The third-order valence-corrected chi connectivity index (χ3v) is 11.4. The average molecular weight is 966 g/mol. The Kier molecular flexibility index (Phi) is 10.5. The van der Waals surface area contributed by atoms with Crippen LogP contribution in [0.3, 0.4) is 0 Å². The first-order valence-corrected chi connectivity index (χ1v) is 20.3. The summed E-state index contributed by atoms with van der Waals surface area (Å²) in [6.45, 7) is 17.3. The van der Waals surface area contributed by atoms with Gasteiger partial charge in [-0.05, 0) is 83.0 Å². The van der Waals surface area contributed by atoms with Crippen molar-refractivity contribution in [3.63, 3.8) is 0 Å². The Balaban J connectivity index is 0.00000499. The number of aromatic hydroxyl groups is 1. The first kappa shape index (κ1) is 40.7. The normalized spacial score (nSPS) is 11.9. The van der Waals surface area contributed by atoms with Crippen LogP contribution in [-0.2, 0) is 31.9 Å². The standard InChI is InChI=1S/C54H48N3O2.Pt/c1-33-17-14-18-34(2)49(33)48-30-37-29-36(27-28-47(37)59-48)43-23-16-24-44(55-43)40-22-15-26-46-50(40)56-52(41-31-38(53(3,4)5)32-42(51(41)58)54(6,7)8)57(46)45-25-13-12-21-39(45)35-19-10-9-11-20-35;/h9-26,28-32,58H,1-8H3;/q-1;. The molecule has 0 aliphatic rings. The first-order chi connectivity index (χ1) is 28.3. The van der Waals surface area contributed by atoms with Gasteiger partial charge in [0.05, 0.1) is 33.6 Å². The number of aryl methyl sites for hydroxylation is 2. The number of nitrogens with zero attached hydrogens (tertiary/aromatic N) is 3. The van der Waals surface area contributed by atoms with Gasteiger partial charge in [-0.3, -0.25) is 9.55 Å². The van der Waals surface area contributed by atoms with Crippen LogP contribution in [0.15, 0.2) is 144 Å². The van der Waals surface area contributed by atoms with E-state index < -0.39 is 0 Å². The van der Waals surface area contributed by atoms with E-state index in [0.29, 0.717) is 11.4 Å². The van der Waals surface area contributed by atoms with Gasteiger partial charge in [0.1, 0.15) is 17.3 Å². The SMILES string of the molecule is Cc1cccc(C)c1-c1cc2cc(-c3cccc(-c4cccc5c4nc(-c4cc(C(C)(C)C)cc(C(C)(C)C)c4O)n5-c4ccccc4-c4ccccc4)n3)[c-]cc2o1.[Pt]. The van der Waals surface area contributed by atoms with Crippen molar-refractivity contribution in [2.45, 2.75) is 66.2 Å². The molecule has 0 unspecified atom stereocenters. The van der Waals surface area contributed by atoms with E-state index in [9.17, 15) is 5.11 Å². The molecular formula is C54H48N3O2Pt-. The van der Waals surface area contributed by atoms with Crippen LogP contribution in [0.2, 0.25) is 0 Å². The Bertz CT molecular complexity index is 3030. The Hall–Kier alpha value is -6.03. The summed E-state index contributed by atoms with van der Waals surface area (Å²) in [5.74, 6) is 1.76. The molecule has 0 spiro atoms. The molecule has 0 aliphatic carbocycles. The van der Waals surface area contributed by atoms with Crippen LogP contribution < -0.4 is 0 Å². The second-order valence-corrected chi connectivity index (χ2v) is 17.7. The van der Waals surface area contributed by atoms with Gasteiger partial charge in [0, 0.05) is 43.3 Å². The number of hydrogen-bond donors (Lipinski definition) is 1. The van der Waals surface area contributed by atoms with E-state index in [0.717, 1.165) is 83.8 Å². The molecule has 0 amide bonds. The molecule has 0 saturated carbocycles. The van der Waals surface area contributed by atoms with Gasteiger partial charge in [-0.2, -0.15) is 0 Å². The first-order valence-electron chi connectivity index (χ1n) is 20.3. The topological polar surface area (TPSA) is 64.1 Å². The number of rotatable bonds is 6. The van der Waals surface area contributed by atoms with E-state index in [4.69, 9.17) is 14.4 Å². The molecule has 0 fully saturated rings. The minimum Gasteiger partial charge on any atom is -0.507 e. The fraction of sp³-hybridized carbons (Fsp3) is 0.185. The molecule has 9 aromatic rings. The Morgan fingerprint density at radius 1 is 0.633 bits per heavy atom. The van der Waals surface area contributed by atoms with Crippen molar-refractivity contribution in [2.24, 2.45) is 0 Å². The number of aromatic nitrogens is 3. The van der Waals surface area contributed by atoms with Crippen LogP contribution in [0.5, 0.6) is 5.75 Å². The second kappa shape index (κ2) is 15.5. The molecule has 3 heterocycles. The molecule has 60 heavy (non-hydrogen) atoms. The van der Waals surface area contributed by atoms with Gasteiger partial charge in [-0.25, -0.2) is 4.98 Å². The number of phenolic OH excluding ortho intramolecular Hbond substituents is 1. The summed E-state index contributed by atoms with van der Waals surface area (Å²) in [5.41, 5.74) is 14.7. The molecule has 6 aromatic carbocycles. The van der Waals surface area contributed by atoms with Crippen molar-refractivity contribution in [1.82, 2.24) is 14.5 Å². The Labute approximate surface area is 367 Å². The smallest absolute Gasteiger partial charge is 0.149 e. The number of para-hydroxylation sites is 2. The van der Waals surface area contributed by atoms with Gasteiger partial charge in [0.25, 0.3) is 0 Å². The molecule has 9 rings (SSSR count). The third kappa shape index (κ3) is 7.30. The fourth-order valence-electron chi connectivity index (χ4n) is 8.26.